The van der Waals surface area contributed by atoms with Gasteiger partial charge < -0.3 is 14.3 Å². The zero-order valence-corrected chi connectivity index (χ0v) is 13.5. The number of benzene rings is 2. The zero-order valence-electron chi connectivity index (χ0n) is 13.5. The molecule has 2 aromatic carbocycles. The number of aryl methyl sites for hydroxylation is 1. The third kappa shape index (κ3) is 4.42. The third-order valence-electron chi connectivity index (χ3n) is 4.24. The second-order valence-corrected chi connectivity index (χ2v) is 6.04. The molecular weight excluding hydrogens is 307 g/mol. The van der Waals surface area contributed by atoms with Crippen molar-refractivity contribution in [3.05, 3.63) is 65.0 Å². The Balaban J connectivity index is 1.58. The molecule has 0 aliphatic heterocycles. The number of aldehydes is 1. The summed E-state index contributed by atoms with van der Waals surface area (Å²) in [6.07, 6.45) is 4.31. The van der Waals surface area contributed by atoms with E-state index in [1.165, 1.54) is 23.3 Å². The summed E-state index contributed by atoms with van der Waals surface area (Å²) in [5, 5.41) is 0. The molecule has 4 heteroatoms. The molecular formula is C20H21FO3. The SMILES string of the molecule is O=CCCOC1CCc2cc(OCc3cccc(F)c3)ccc2C1. The minimum atomic E-state index is -0.248. The first-order chi connectivity index (χ1) is 11.7. The lowest BCUT2D eigenvalue weighted by Crippen LogP contribution is -2.23. The van der Waals surface area contributed by atoms with Crippen molar-refractivity contribution in [2.75, 3.05) is 6.61 Å². The van der Waals surface area contributed by atoms with E-state index in [1.54, 1.807) is 6.07 Å². The summed E-state index contributed by atoms with van der Waals surface area (Å²) in [5.41, 5.74) is 3.37. The van der Waals surface area contributed by atoms with Gasteiger partial charge in [-0.3, -0.25) is 0 Å². The minimum Gasteiger partial charge on any atom is -0.489 e. The summed E-state index contributed by atoms with van der Waals surface area (Å²) in [6, 6.07) is 12.5. The summed E-state index contributed by atoms with van der Waals surface area (Å²) in [5.74, 6) is 0.556. The van der Waals surface area contributed by atoms with E-state index in [9.17, 15) is 9.18 Å². The molecule has 0 amide bonds. The summed E-state index contributed by atoms with van der Waals surface area (Å²) in [4.78, 5) is 10.4. The average Bonchev–Trinajstić information content (AvgIpc) is 2.60. The molecule has 1 unspecified atom stereocenters. The topological polar surface area (TPSA) is 35.5 Å². The maximum absolute atomic E-state index is 13.2. The molecule has 3 rings (SSSR count). The smallest absolute Gasteiger partial charge is 0.123 e. The molecule has 0 spiro atoms. The van der Waals surface area contributed by atoms with Crippen LogP contribution >= 0.6 is 0 Å². The molecule has 0 heterocycles. The van der Waals surface area contributed by atoms with E-state index < -0.39 is 0 Å². The van der Waals surface area contributed by atoms with Crippen molar-refractivity contribution >= 4 is 6.29 Å². The van der Waals surface area contributed by atoms with Gasteiger partial charge in [0.25, 0.3) is 0 Å². The van der Waals surface area contributed by atoms with Gasteiger partial charge in [0.15, 0.2) is 0 Å². The number of halogens is 1. The Kier molecular flexibility index (Phi) is 5.59. The van der Waals surface area contributed by atoms with Crippen molar-refractivity contribution in [1.29, 1.82) is 0 Å². The number of ether oxygens (including phenoxy) is 2. The number of carbonyl (C=O) groups is 1. The fourth-order valence-corrected chi connectivity index (χ4v) is 3.01. The van der Waals surface area contributed by atoms with Gasteiger partial charge in [0.1, 0.15) is 24.5 Å². The van der Waals surface area contributed by atoms with E-state index >= 15 is 0 Å². The molecule has 0 saturated heterocycles. The predicted molar refractivity (Wildman–Crippen MR) is 89.6 cm³/mol. The maximum Gasteiger partial charge on any atom is 0.123 e. The van der Waals surface area contributed by atoms with Gasteiger partial charge in [-0.25, -0.2) is 4.39 Å². The molecule has 3 nitrogen and oxygen atoms in total. The summed E-state index contributed by atoms with van der Waals surface area (Å²) >= 11 is 0. The van der Waals surface area contributed by atoms with Gasteiger partial charge in [-0.05, 0) is 60.2 Å². The van der Waals surface area contributed by atoms with Crippen LogP contribution in [0.25, 0.3) is 0 Å². The Labute approximate surface area is 141 Å². The van der Waals surface area contributed by atoms with Crippen LogP contribution in [0.15, 0.2) is 42.5 Å². The summed E-state index contributed by atoms with van der Waals surface area (Å²) in [7, 11) is 0. The molecule has 0 radical (unpaired) electrons. The summed E-state index contributed by atoms with van der Waals surface area (Å²) < 4.78 is 24.7. The van der Waals surface area contributed by atoms with Crippen molar-refractivity contribution in [2.45, 2.75) is 38.4 Å². The van der Waals surface area contributed by atoms with Gasteiger partial charge in [-0.15, -0.1) is 0 Å². The van der Waals surface area contributed by atoms with Crippen LogP contribution in [0.1, 0.15) is 29.5 Å². The number of fused-ring (bicyclic) bond motifs is 1. The Morgan fingerprint density at radius 1 is 1.17 bits per heavy atom. The Morgan fingerprint density at radius 2 is 2.08 bits per heavy atom. The van der Waals surface area contributed by atoms with E-state index in [0.29, 0.717) is 19.6 Å². The van der Waals surface area contributed by atoms with Crippen LogP contribution < -0.4 is 4.74 Å². The van der Waals surface area contributed by atoms with Crippen LogP contribution in [0, 0.1) is 5.82 Å². The van der Waals surface area contributed by atoms with E-state index in [4.69, 9.17) is 9.47 Å². The minimum absolute atomic E-state index is 0.191. The lowest BCUT2D eigenvalue weighted by atomic mass is 9.89. The average molecular weight is 328 g/mol. The lowest BCUT2D eigenvalue weighted by Gasteiger charge is -2.25. The fraction of sp³-hybridized carbons (Fsp3) is 0.350. The highest BCUT2D eigenvalue weighted by Gasteiger charge is 2.19. The quantitative estimate of drug-likeness (QED) is 0.572. The van der Waals surface area contributed by atoms with Gasteiger partial charge in [0, 0.05) is 6.42 Å². The first-order valence-corrected chi connectivity index (χ1v) is 8.29. The second kappa shape index (κ2) is 8.06. The van der Waals surface area contributed by atoms with E-state index in [0.717, 1.165) is 36.9 Å². The molecule has 0 bridgehead atoms. The van der Waals surface area contributed by atoms with Gasteiger partial charge >= 0.3 is 0 Å². The van der Waals surface area contributed by atoms with E-state index in [-0.39, 0.29) is 11.9 Å². The summed E-state index contributed by atoms with van der Waals surface area (Å²) in [6.45, 7) is 0.853. The van der Waals surface area contributed by atoms with Crippen molar-refractivity contribution in [1.82, 2.24) is 0 Å². The van der Waals surface area contributed by atoms with Crippen LogP contribution in [0.5, 0.6) is 5.75 Å². The normalized spacial score (nSPS) is 16.5. The van der Waals surface area contributed by atoms with Gasteiger partial charge in [-0.2, -0.15) is 0 Å². The zero-order chi connectivity index (χ0) is 16.8. The number of hydrogen-bond donors (Lipinski definition) is 0. The van der Waals surface area contributed by atoms with Gasteiger partial charge in [0.05, 0.1) is 12.7 Å². The van der Waals surface area contributed by atoms with Crippen LogP contribution in [0.4, 0.5) is 4.39 Å². The highest BCUT2D eigenvalue weighted by Crippen LogP contribution is 2.27. The highest BCUT2D eigenvalue weighted by atomic mass is 19.1. The van der Waals surface area contributed by atoms with Crippen LogP contribution in [0.3, 0.4) is 0 Å². The molecule has 126 valence electrons. The van der Waals surface area contributed by atoms with Crippen molar-refractivity contribution < 1.29 is 18.7 Å². The van der Waals surface area contributed by atoms with Crippen LogP contribution in [-0.4, -0.2) is 19.0 Å². The van der Waals surface area contributed by atoms with Gasteiger partial charge in [-0.1, -0.05) is 18.2 Å². The first kappa shape index (κ1) is 16.7. The maximum atomic E-state index is 13.2. The van der Waals surface area contributed by atoms with Crippen molar-refractivity contribution in [3.8, 4) is 5.75 Å². The molecule has 0 aromatic heterocycles. The monoisotopic (exact) mass is 328 g/mol. The van der Waals surface area contributed by atoms with E-state index in [2.05, 4.69) is 12.1 Å². The number of hydrogen-bond acceptors (Lipinski definition) is 3. The number of carbonyl (C=O) groups excluding carboxylic acids is 1. The molecule has 1 aliphatic carbocycles. The molecule has 24 heavy (non-hydrogen) atoms. The Hall–Kier alpha value is -2.20. The highest BCUT2D eigenvalue weighted by molar-refractivity contribution is 5.49. The fourth-order valence-electron chi connectivity index (χ4n) is 3.01. The molecule has 1 atom stereocenters. The molecule has 2 aromatic rings. The van der Waals surface area contributed by atoms with Crippen molar-refractivity contribution in [2.24, 2.45) is 0 Å². The molecule has 0 fully saturated rings. The van der Waals surface area contributed by atoms with Gasteiger partial charge in [0.2, 0.25) is 0 Å². The largest absolute Gasteiger partial charge is 0.489 e. The Morgan fingerprint density at radius 3 is 2.92 bits per heavy atom. The number of rotatable bonds is 7. The lowest BCUT2D eigenvalue weighted by molar-refractivity contribution is -0.109. The molecule has 0 N–H and O–H groups in total. The third-order valence-corrected chi connectivity index (χ3v) is 4.24. The van der Waals surface area contributed by atoms with Crippen LogP contribution in [-0.2, 0) is 29.0 Å². The van der Waals surface area contributed by atoms with Crippen LogP contribution in [0.2, 0.25) is 0 Å². The standard InChI is InChI=1S/C20H21FO3/c21-18-4-1-3-15(11-18)14-24-20-8-6-16-12-19(23-10-2-9-22)7-5-17(16)13-20/h1,3-4,6,8-9,11,13,19H,2,5,7,10,12,14H2. The second-order valence-electron chi connectivity index (χ2n) is 6.04. The molecule has 1 aliphatic rings. The van der Waals surface area contributed by atoms with E-state index in [1.807, 2.05) is 12.1 Å². The predicted octanol–water partition coefficient (Wildman–Crippen LogP) is 3.87. The Bertz CT molecular complexity index is 699. The first-order valence-electron chi connectivity index (χ1n) is 8.29. The van der Waals surface area contributed by atoms with Crippen molar-refractivity contribution in [3.63, 3.8) is 0 Å². The molecule has 0 saturated carbocycles.